The molecular formula is C17H18N2O2. The minimum atomic E-state index is -0.154. The zero-order chi connectivity index (χ0) is 15.1. The molecule has 2 aromatic rings. The van der Waals surface area contributed by atoms with Gasteiger partial charge in [-0.15, -0.1) is 0 Å². The van der Waals surface area contributed by atoms with Crippen LogP contribution in [0, 0.1) is 11.8 Å². The van der Waals surface area contributed by atoms with Crippen LogP contribution in [0.5, 0.6) is 0 Å². The predicted molar refractivity (Wildman–Crippen MR) is 83.1 cm³/mol. The second-order valence-electron chi connectivity index (χ2n) is 4.45. The van der Waals surface area contributed by atoms with Gasteiger partial charge in [-0.3, -0.25) is 4.79 Å². The number of nitrogens with zero attached hydrogens (tertiary/aromatic N) is 1. The summed E-state index contributed by atoms with van der Waals surface area (Å²) in [5.41, 5.74) is 2.04. The lowest BCUT2D eigenvalue weighted by atomic mass is 10.1. The van der Waals surface area contributed by atoms with Crippen molar-refractivity contribution in [2.75, 3.05) is 11.9 Å². The van der Waals surface area contributed by atoms with Crippen LogP contribution in [0.3, 0.4) is 0 Å². The molecular weight excluding hydrogens is 264 g/mol. The number of rotatable bonds is 4. The van der Waals surface area contributed by atoms with Crippen molar-refractivity contribution in [1.29, 1.82) is 0 Å². The summed E-state index contributed by atoms with van der Waals surface area (Å²) < 4.78 is 1.88. The first-order chi connectivity index (χ1) is 10.3. The molecule has 0 saturated heterocycles. The first-order valence-electron chi connectivity index (χ1n) is 6.91. The van der Waals surface area contributed by atoms with Gasteiger partial charge in [-0.05, 0) is 31.2 Å². The van der Waals surface area contributed by atoms with Gasteiger partial charge in [0.2, 0.25) is 0 Å². The second kappa shape index (κ2) is 7.32. The van der Waals surface area contributed by atoms with Gasteiger partial charge in [0, 0.05) is 24.7 Å². The highest BCUT2D eigenvalue weighted by molar-refractivity contribution is 6.03. The highest BCUT2D eigenvalue weighted by Gasteiger charge is 2.11. The lowest BCUT2D eigenvalue weighted by Gasteiger charge is -2.09. The molecule has 0 spiro atoms. The number of carbonyl (C=O) groups excluding carboxylic acids is 1. The van der Waals surface area contributed by atoms with E-state index in [9.17, 15) is 4.79 Å². The molecule has 1 aromatic carbocycles. The molecule has 1 aromatic heterocycles. The Balaban J connectivity index is 2.20. The summed E-state index contributed by atoms with van der Waals surface area (Å²) in [7, 11) is 0. The van der Waals surface area contributed by atoms with Crippen LogP contribution < -0.4 is 5.32 Å². The van der Waals surface area contributed by atoms with E-state index in [2.05, 4.69) is 17.2 Å². The van der Waals surface area contributed by atoms with Crippen LogP contribution in [0.4, 0.5) is 5.69 Å². The average molecular weight is 282 g/mol. The molecule has 2 N–H and O–H groups in total. The van der Waals surface area contributed by atoms with Crippen molar-refractivity contribution in [3.8, 4) is 11.8 Å². The summed E-state index contributed by atoms with van der Waals surface area (Å²) in [5, 5.41) is 11.7. The fourth-order valence-corrected chi connectivity index (χ4v) is 2.00. The van der Waals surface area contributed by atoms with E-state index in [1.54, 1.807) is 6.07 Å². The Labute approximate surface area is 124 Å². The van der Waals surface area contributed by atoms with Crippen molar-refractivity contribution in [1.82, 2.24) is 4.57 Å². The fourth-order valence-electron chi connectivity index (χ4n) is 2.00. The quantitative estimate of drug-likeness (QED) is 0.847. The number of aryl methyl sites for hydroxylation is 1. The Morgan fingerprint density at radius 3 is 2.86 bits per heavy atom. The van der Waals surface area contributed by atoms with E-state index < -0.39 is 0 Å². The number of anilines is 1. The largest absolute Gasteiger partial charge is 0.395 e. The number of aliphatic hydroxyl groups is 1. The summed E-state index contributed by atoms with van der Waals surface area (Å²) in [5.74, 6) is 5.67. The Morgan fingerprint density at radius 1 is 1.29 bits per heavy atom. The van der Waals surface area contributed by atoms with Crippen molar-refractivity contribution in [2.24, 2.45) is 0 Å². The molecule has 21 heavy (non-hydrogen) atoms. The van der Waals surface area contributed by atoms with E-state index in [1.165, 1.54) is 0 Å². The predicted octanol–water partition coefficient (Wildman–Crippen LogP) is 2.49. The van der Waals surface area contributed by atoms with Crippen LogP contribution in [0.2, 0.25) is 0 Å². The molecule has 0 radical (unpaired) electrons. The monoisotopic (exact) mass is 282 g/mol. The van der Waals surface area contributed by atoms with Gasteiger partial charge < -0.3 is 15.0 Å². The van der Waals surface area contributed by atoms with Gasteiger partial charge in [-0.1, -0.05) is 24.0 Å². The lowest BCUT2D eigenvalue weighted by molar-refractivity contribution is 0.101. The van der Waals surface area contributed by atoms with Crippen molar-refractivity contribution >= 4 is 11.6 Å². The van der Waals surface area contributed by atoms with Gasteiger partial charge in [-0.25, -0.2) is 0 Å². The molecule has 1 heterocycles. The summed E-state index contributed by atoms with van der Waals surface area (Å²) in [6.45, 7) is 2.77. The number of hydrogen-bond donors (Lipinski definition) is 2. The normalized spacial score (nSPS) is 9.81. The van der Waals surface area contributed by atoms with Crippen molar-refractivity contribution in [2.45, 2.75) is 19.9 Å². The Kier molecular flexibility index (Phi) is 5.19. The van der Waals surface area contributed by atoms with Crippen LogP contribution in [-0.2, 0) is 6.54 Å². The molecule has 0 fully saturated rings. The fraction of sp³-hybridized carbons (Fsp3) is 0.235. The maximum absolute atomic E-state index is 12.3. The van der Waals surface area contributed by atoms with E-state index in [0.29, 0.717) is 17.8 Å². The molecule has 0 atom stereocenters. The molecule has 0 aliphatic carbocycles. The highest BCUT2D eigenvalue weighted by Crippen LogP contribution is 2.15. The van der Waals surface area contributed by atoms with E-state index >= 15 is 0 Å². The van der Waals surface area contributed by atoms with Crippen LogP contribution in [-0.4, -0.2) is 22.2 Å². The first kappa shape index (κ1) is 14.9. The number of nitrogens with one attached hydrogen (secondary N) is 1. The number of hydrogen-bond acceptors (Lipinski definition) is 2. The second-order valence-corrected chi connectivity index (χ2v) is 4.45. The highest BCUT2D eigenvalue weighted by atomic mass is 16.2. The van der Waals surface area contributed by atoms with Crippen LogP contribution in [0.1, 0.15) is 29.4 Å². The zero-order valence-corrected chi connectivity index (χ0v) is 12.0. The number of carbonyl (C=O) groups is 1. The third-order valence-electron chi connectivity index (χ3n) is 3.04. The van der Waals surface area contributed by atoms with Crippen LogP contribution in [0.15, 0.2) is 42.6 Å². The number of amides is 1. The maximum atomic E-state index is 12.3. The Morgan fingerprint density at radius 2 is 2.10 bits per heavy atom. The summed E-state index contributed by atoms with van der Waals surface area (Å²) in [4.78, 5) is 12.3. The maximum Gasteiger partial charge on any atom is 0.272 e. The number of benzene rings is 1. The molecule has 1 amide bonds. The summed E-state index contributed by atoms with van der Waals surface area (Å²) in [6.07, 6.45) is 2.29. The molecule has 108 valence electrons. The minimum Gasteiger partial charge on any atom is -0.395 e. The van der Waals surface area contributed by atoms with Crippen molar-refractivity contribution in [3.05, 3.63) is 53.9 Å². The van der Waals surface area contributed by atoms with Gasteiger partial charge in [0.05, 0.1) is 12.3 Å². The topological polar surface area (TPSA) is 54.3 Å². The van der Waals surface area contributed by atoms with Gasteiger partial charge in [0.15, 0.2) is 0 Å². The molecule has 0 bridgehead atoms. The van der Waals surface area contributed by atoms with Gasteiger partial charge >= 0.3 is 0 Å². The molecule has 4 nitrogen and oxygen atoms in total. The zero-order valence-electron chi connectivity index (χ0n) is 12.0. The van der Waals surface area contributed by atoms with E-state index in [4.69, 9.17) is 5.11 Å². The Hall–Kier alpha value is -2.51. The number of aromatic nitrogens is 1. The third kappa shape index (κ3) is 3.74. The van der Waals surface area contributed by atoms with E-state index in [1.807, 2.05) is 48.0 Å². The molecule has 0 saturated carbocycles. The standard InChI is InChI=1S/C17H18N2O2/c1-2-19-12-7-11-16(19)17(21)18-15-10-4-3-8-14(15)9-5-6-13-20/h3-4,7-8,10-12,20H,2,6,13H2,1H3,(H,18,21). The van der Waals surface area contributed by atoms with E-state index in [0.717, 1.165) is 12.1 Å². The van der Waals surface area contributed by atoms with Gasteiger partial charge in [0.25, 0.3) is 5.91 Å². The first-order valence-corrected chi connectivity index (χ1v) is 6.91. The molecule has 0 unspecified atom stereocenters. The van der Waals surface area contributed by atoms with Gasteiger partial charge in [0.1, 0.15) is 5.69 Å². The number of para-hydroxylation sites is 1. The minimum absolute atomic E-state index is 0.0333. The average Bonchev–Trinajstić information content (AvgIpc) is 2.98. The third-order valence-corrected chi connectivity index (χ3v) is 3.04. The summed E-state index contributed by atoms with van der Waals surface area (Å²) in [6, 6.07) is 11.0. The van der Waals surface area contributed by atoms with E-state index in [-0.39, 0.29) is 12.5 Å². The molecule has 0 aliphatic heterocycles. The van der Waals surface area contributed by atoms with Crippen LogP contribution >= 0.6 is 0 Å². The van der Waals surface area contributed by atoms with Crippen molar-refractivity contribution < 1.29 is 9.90 Å². The molecule has 2 rings (SSSR count). The molecule has 4 heteroatoms. The van der Waals surface area contributed by atoms with Crippen molar-refractivity contribution in [3.63, 3.8) is 0 Å². The van der Waals surface area contributed by atoms with Gasteiger partial charge in [-0.2, -0.15) is 0 Å². The Bertz CT molecular complexity index is 677. The summed E-state index contributed by atoms with van der Waals surface area (Å²) >= 11 is 0. The van der Waals surface area contributed by atoms with Crippen LogP contribution in [0.25, 0.3) is 0 Å². The SMILES string of the molecule is CCn1cccc1C(=O)Nc1ccccc1C#CCCO. The molecule has 0 aliphatic rings. The number of aliphatic hydroxyl groups excluding tert-OH is 1. The lowest BCUT2D eigenvalue weighted by Crippen LogP contribution is -2.17. The smallest absolute Gasteiger partial charge is 0.272 e.